The summed E-state index contributed by atoms with van der Waals surface area (Å²) in [4.78, 5) is 35.9. The van der Waals surface area contributed by atoms with E-state index in [2.05, 4.69) is 0 Å². The number of esters is 1. The smallest absolute Gasteiger partial charge is 0.338 e. The molecule has 144 valence electrons. The first-order valence-electron chi connectivity index (χ1n) is 7.93. The standard InChI is InChI=1S/C17H16ClFN2O6/c1-16(18)13(26-12(24)10-5-3-2-4-6-10)17(19,9-22)27-14(16)21-8-7-11(23)20-15(21)25/h2-8,13-14,22H,9H2,1H3,(H,20,23,25)/t13-,14+,16+,17+/m0/s1. The zero-order valence-electron chi connectivity index (χ0n) is 14.1. The predicted octanol–water partition coefficient (Wildman–Crippen LogP) is 0.947. The Kier molecular flexibility index (Phi) is 4.94. The van der Waals surface area contributed by atoms with Crippen LogP contribution < -0.4 is 11.2 Å². The maximum atomic E-state index is 15.2. The molecule has 1 aromatic heterocycles. The maximum absolute atomic E-state index is 15.2. The fourth-order valence-corrected chi connectivity index (χ4v) is 3.28. The number of ether oxygens (including phenoxy) is 2. The van der Waals surface area contributed by atoms with Crippen molar-refractivity contribution in [2.75, 3.05) is 6.61 Å². The molecule has 2 heterocycles. The quantitative estimate of drug-likeness (QED) is 0.586. The number of benzene rings is 1. The Balaban J connectivity index is 1.98. The Labute approximate surface area is 157 Å². The molecule has 2 aromatic rings. The molecular formula is C17H16ClFN2O6. The molecule has 0 saturated carbocycles. The van der Waals surface area contributed by atoms with Gasteiger partial charge in [-0.3, -0.25) is 14.3 Å². The summed E-state index contributed by atoms with van der Waals surface area (Å²) in [5.74, 6) is -3.73. The molecule has 0 radical (unpaired) electrons. The van der Waals surface area contributed by atoms with Crippen molar-refractivity contribution in [2.24, 2.45) is 0 Å². The molecule has 27 heavy (non-hydrogen) atoms. The van der Waals surface area contributed by atoms with Gasteiger partial charge in [0.05, 0.1) is 5.56 Å². The second-order valence-corrected chi connectivity index (χ2v) is 7.05. The summed E-state index contributed by atoms with van der Waals surface area (Å²) in [6.45, 7) is 0.132. The molecule has 1 aromatic carbocycles. The van der Waals surface area contributed by atoms with Crippen molar-refractivity contribution in [3.05, 3.63) is 69.0 Å². The van der Waals surface area contributed by atoms with Crippen molar-refractivity contribution in [1.29, 1.82) is 0 Å². The van der Waals surface area contributed by atoms with Crippen molar-refractivity contribution in [2.45, 2.75) is 30.0 Å². The normalized spacial score (nSPS) is 30.2. The minimum absolute atomic E-state index is 0.148. The third kappa shape index (κ3) is 3.41. The van der Waals surface area contributed by atoms with Crippen LogP contribution in [0.4, 0.5) is 4.39 Å². The number of H-pyrrole nitrogens is 1. The van der Waals surface area contributed by atoms with Gasteiger partial charge in [0.15, 0.2) is 12.3 Å². The van der Waals surface area contributed by atoms with Crippen LogP contribution in [0.15, 0.2) is 52.2 Å². The fourth-order valence-electron chi connectivity index (χ4n) is 2.93. The van der Waals surface area contributed by atoms with E-state index < -0.39 is 46.9 Å². The lowest BCUT2D eigenvalue weighted by Crippen LogP contribution is -2.49. The third-order valence-corrected chi connectivity index (χ3v) is 4.63. The number of hydrogen-bond acceptors (Lipinski definition) is 6. The van der Waals surface area contributed by atoms with Gasteiger partial charge >= 0.3 is 11.7 Å². The number of aromatic amines is 1. The first kappa shape index (κ1) is 19.3. The Morgan fingerprint density at radius 3 is 2.63 bits per heavy atom. The predicted molar refractivity (Wildman–Crippen MR) is 92.3 cm³/mol. The van der Waals surface area contributed by atoms with E-state index in [1.807, 2.05) is 4.98 Å². The molecular weight excluding hydrogens is 383 g/mol. The minimum atomic E-state index is -2.86. The number of hydrogen-bond donors (Lipinski definition) is 2. The Hall–Kier alpha value is -2.49. The van der Waals surface area contributed by atoms with Gasteiger partial charge in [0.2, 0.25) is 0 Å². The highest BCUT2D eigenvalue weighted by Gasteiger charge is 2.65. The molecule has 1 saturated heterocycles. The Morgan fingerprint density at radius 1 is 1.37 bits per heavy atom. The number of nitrogens with zero attached hydrogens (tertiary/aromatic N) is 1. The molecule has 1 fully saturated rings. The summed E-state index contributed by atoms with van der Waals surface area (Å²) >= 11 is 6.44. The summed E-state index contributed by atoms with van der Waals surface area (Å²) in [6.07, 6.45) is -2.13. The highest BCUT2D eigenvalue weighted by Crippen LogP contribution is 2.50. The molecule has 4 atom stereocenters. The van der Waals surface area contributed by atoms with E-state index in [0.717, 1.165) is 16.8 Å². The Bertz CT molecular complexity index is 960. The van der Waals surface area contributed by atoms with Crippen LogP contribution >= 0.6 is 11.6 Å². The van der Waals surface area contributed by atoms with Crippen molar-refractivity contribution >= 4 is 17.6 Å². The van der Waals surface area contributed by atoms with Gasteiger partial charge in [0, 0.05) is 12.3 Å². The monoisotopic (exact) mass is 398 g/mol. The van der Waals surface area contributed by atoms with Crippen molar-refractivity contribution in [1.82, 2.24) is 9.55 Å². The number of halogens is 2. The van der Waals surface area contributed by atoms with E-state index in [9.17, 15) is 19.5 Å². The van der Waals surface area contributed by atoms with Gasteiger partial charge in [-0.1, -0.05) is 18.2 Å². The van der Waals surface area contributed by atoms with Crippen molar-refractivity contribution < 1.29 is 23.8 Å². The molecule has 3 rings (SSSR count). The van der Waals surface area contributed by atoms with Crippen LogP contribution in [0.25, 0.3) is 0 Å². The third-order valence-electron chi connectivity index (χ3n) is 4.25. The van der Waals surface area contributed by atoms with Crippen molar-refractivity contribution in [3.63, 3.8) is 0 Å². The largest absolute Gasteiger partial charge is 0.450 e. The molecule has 0 bridgehead atoms. The number of rotatable bonds is 4. The molecule has 2 N–H and O–H groups in total. The van der Waals surface area contributed by atoms with Crippen LogP contribution in [0.3, 0.4) is 0 Å². The number of carbonyl (C=O) groups is 1. The van der Waals surface area contributed by atoms with Gasteiger partial charge in [0.25, 0.3) is 11.4 Å². The lowest BCUT2D eigenvalue weighted by Gasteiger charge is -2.30. The van der Waals surface area contributed by atoms with E-state index in [1.165, 1.54) is 19.1 Å². The van der Waals surface area contributed by atoms with E-state index in [1.54, 1.807) is 18.2 Å². The molecule has 0 aliphatic carbocycles. The molecule has 1 aliphatic rings. The van der Waals surface area contributed by atoms with E-state index >= 15 is 4.39 Å². The average Bonchev–Trinajstić information content (AvgIpc) is 2.83. The van der Waals surface area contributed by atoms with Crippen LogP contribution in [0, 0.1) is 0 Å². The van der Waals surface area contributed by atoms with Crippen LogP contribution in [0.5, 0.6) is 0 Å². The molecule has 0 spiro atoms. The second-order valence-electron chi connectivity index (χ2n) is 6.23. The summed E-state index contributed by atoms with van der Waals surface area (Å²) in [5.41, 5.74) is -1.41. The highest BCUT2D eigenvalue weighted by molar-refractivity contribution is 6.24. The van der Waals surface area contributed by atoms with Crippen LogP contribution in [0.1, 0.15) is 23.5 Å². The molecule has 1 aliphatic heterocycles. The van der Waals surface area contributed by atoms with Crippen LogP contribution in [0.2, 0.25) is 0 Å². The number of aromatic nitrogens is 2. The fraction of sp³-hybridized carbons (Fsp3) is 0.353. The van der Waals surface area contributed by atoms with E-state index in [-0.39, 0.29) is 5.56 Å². The zero-order chi connectivity index (χ0) is 19.8. The van der Waals surface area contributed by atoms with Gasteiger partial charge in [-0.2, -0.15) is 0 Å². The number of aliphatic hydroxyl groups excluding tert-OH is 1. The van der Waals surface area contributed by atoms with Gasteiger partial charge in [0.1, 0.15) is 11.5 Å². The van der Waals surface area contributed by atoms with Gasteiger partial charge < -0.3 is 14.6 Å². The summed E-state index contributed by atoms with van der Waals surface area (Å²) in [5, 5.41) is 9.49. The van der Waals surface area contributed by atoms with Gasteiger partial charge in [-0.25, -0.2) is 14.0 Å². The second kappa shape index (κ2) is 6.91. The van der Waals surface area contributed by atoms with E-state index in [4.69, 9.17) is 21.1 Å². The Morgan fingerprint density at radius 2 is 2.04 bits per heavy atom. The van der Waals surface area contributed by atoms with Gasteiger partial charge in [-0.05, 0) is 19.1 Å². The number of alkyl halides is 2. The summed E-state index contributed by atoms with van der Waals surface area (Å²) < 4.78 is 26.5. The number of aliphatic hydroxyl groups is 1. The SMILES string of the molecule is C[C@]1(Cl)[C@H](n2ccc(=O)[nH]c2=O)O[C@](F)(CO)[C@H]1OC(=O)c1ccccc1. The lowest BCUT2D eigenvalue weighted by molar-refractivity contribution is -0.207. The summed E-state index contributed by atoms with van der Waals surface area (Å²) in [6, 6.07) is 8.84. The first-order valence-corrected chi connectivity index (χ1v) is 8.31. The van der Waals surface area contributed by atoms with Crippen molar-refractivity contribution in [3.8, 4) is 0 Å². The zero-order valence-corrected chi connectivity index (χ0v) is 14.9. The molecule has 0 unspecified atom stereocenters. The molecule has 10 heteroatoms. The lowest BCUT2D eigenvalue weighted by atomic mass is 9.99. The topological polar surface area (TPSA) is 111 Å². The first-order chi connectivity index (χ1) is 12.7. The highest BCUT2D eigenvalue weighted by atomic mass is 35.5. The molecule has 0 amide bonds. The average molecular weight is 399 g/mol. The summed E-state index contributed by atoms with van der Waals surface area (Å²) in [7, 11) is 0. The molecule has 8 nitrogen and oxygen atoms in total. The number of carbonyl (C=O) groups excluding carboxylic acids is 1. The maximum Gasteiger partial charge on any atom is 0.338 e. The van der Waals surface area contributed by atoms with Crippen LogP contribution in [-0.4, -0.2) is 44.1 Å². The van der Waals surface area contributed by atoms with Gasteiger partial charge in [-0.15, -0.1) is 11.6 Å². The van der Waals surface area contributed by atoms with E-state index in [0.29, 0.717) is 0 Å². The van der Waals surface area contributed by atoms with Crippen LogP contribution in [-0.2, 0) is 9.47 Å². The number of nitrogens with one attached hydrogen (secondary N) is 1. The minimum Gasteiger partial charge on any atom is -0.450 e.